The number of rotatable bonds is 2. The molecule has 4 atom stereocenters. The standard InChI is InChI=1S/C34H31N5O2S2/c1-37-15-17-38(18-16-37)30-23(19-21-7-2-3-12-25(21)35-30)28-26-13-6-14-39(26)33(34(28)31(41)36-32(42)43-34)24-11-5-9-20-8-4-10-22(27(20)24)29(33)40/h2-5,7-12,19,26,28H,6,13-18H2,1H3,(H,36,41,42). The number of para-hydroxylation sites is 1. The number of nitrogens with zero attached hydrogens (tertiary/aromatic N) is 4. The van der Waals surface area contributed by atoms with Crippen molar-refractivity contribution in [3.05, 3.63) is 83.4 Å². The third kappa shape index (κ3) is 3.18. The molecule has 9 heteroatoms. The van der Waals surface area contributed by atoms with Gasteiger partial charge in [-0.25, -0.2) is 4.98 Å². The van der Waals surface area contributed by atoms with Crippen LogP contribution in [0.4, 0.5) is 5.82 Å². The van der Waals surface area contributed by atoms with Crippen LogP contribution >= 0.6 is 24.0 Å². The summed E-state index contributed by atoms with van der Waals surface area (Å²) in [6.07, 6.45) is 1.88. The van der Waals surface area contributed by atoms with Crippen LogP contribution in [-0.4, -0.2) is 81.4 Å². The van der Waals surface area contributed by atoms with Crippen LogP contribution in [0.1, 0.15) is 40.2 Å². The van der Waals surface area contributed by atoms with Crippen molar-refractivity contribution in [1.82, 2.24) is 20.1 Å². The van der Waals surface area contributed by atoms with E-state index >= 15 is 4.79 Å². The van der Waals surface area contributed by atoms with E-state index in [1.54, 1.807) is 0 Å². The minimum atomic E-state index is -1.18. The van der Waals surface area contributed by atoms with Gasteiger partial charge < -0.3 is 15.1 Å². The normalized spacial score (nSPS) is 30.4. The zero-order valence-electron chi connectivity index (χ0n) is 23.9. The van der Waals surface area contributed by atoms with Gasteiger partial charge in [-0.15, -0.1) is 0 Å². The lowest BCUT2D eigenvalue weighted by Gasteiger charge is -2.44. The Balaban J connectivity index is 1.36. The minimum absolute atomic E-state index is 0.0122. The van der Waals surface area contributed by atoms with E-state index in [1.807, 2.05) is 30.3 Å². The molecule has 2 spiro atoms. The maximum atomic E-state index is 15.2. The molecular weight excluding hydrogens is 575 g/mol. The molecule has 5 heterocycles. The molecule has 4 saturated heterocycles. The topological polar surface area (TPSA) is 68.8 Å². The van der Waals surface area contributed by atoms with Crippen LogP contribution in [0.2, 0.25) is 0 Å². The molecule has 9 rings (SSSR count). The smallest absolute Gasteiger partial charge is 0.245 e. The lowest BCUT2D eigenvalue weighted by Crippen LogP contribution is -2.61. The molecule has 4 aromatic rings. The van der Waals surface area contributed by atoms with Gasteiger partial charge >= 0.3 is 0 Å². The Bertz CT molecular complexity index is 1900. The largest absolute Gasteiger partial charge is 0.354 e. The molecule has 1 aromatic heterocycles. The summed E-state index contributed by atoms with van der Waals surface area (Å²) in [6.45, 7) is 4.35. The zero-order valence-corrected chi connectivity index (χ0v) is 25.5. The van der Waals surface area contributed by atoms with Crippen LogP contribution in [-0.2, 0) is 10.3 Å². The lowest BCUT2D eigenvalue weighted by atomic mass is 9.69. The van der Waals surface area contributed by atoms with Crippen LogP contribution in [0.5, 0.6) is 0 Å². The Morgan fingerprint density at radius 1 is 0.953 bits per heavy atom. The van der Waals surface area contributed by atoms with Crippen LogP contribution in [0, 0.1) is 0 Å². The van der Waals surface area contributed by atoms with E-state index < -0.39 is 10.3 Å². The van der Waals surface area contributed by atoms with Crippen molar-refractivity contribution in [2.45, 2.75) is 35.1 Å². The number of thiocarbonyl (C=S) groups is 1. The van der Waals surface area contributed by atoms with E-state index in [0.717, 1.165) is 84.2 Å². The summed E-state index contributed by atoms with van der Waals surface area (Å²) in [6, 6.07) is 22.7. The first-order valence-electron chi connectivity index (χ1n) is 15.2. The van der Waals surface area contributed by atoms with E-state index in [2.05, 4.69) is 63.5 Å². The van der Waals surface area contributed by atoms with Gasteiger partial charge in [0.2, 0.25) is 5.91 Å². The van der Waals surface area contributed by atoms with Crippen molar-refractivity contribution in [2.75, 3.05) is 44.7 Å². The minimum Gasteiger partial charge on any atom is -0.354 e. The first-order valence-corrected chi connectivity index (χ1v) is 16.4. The fourth-order valence-corrected chi connectivity index (χ4v) is 10.9. The van der Waals surface area contributed by atoms with Crippen molar-refractivity contribution in [3.8, 4) is 0 Å². The second kappa shape index (κ2) is 9.08. The highest BCUT2D eigenvalue weighted by molar-refractivity contribution is 8.25. The van der Waals surface area contributed by atoms with Crippen molar-refractivity contribution in [3.63, 3.8) is 0 Å². The number of pyridine rings is 1. The number of aromatic nitrogens is 1. The predicted octanol–water partition coefficient (Wildman–Crippen LogP) is 4.68. The van der Waals surface area contributed by atoms with E-state index in [0.29, 0.717) is 9.88 Å². The number of benzene rings is 3. The highest BCUT2D eigenvalue weighted by Crippen LogP contribution is 2.70. The lowest BCUT2D eigenvalue weighted by molar-refractivity contribution is -0.123. The van der Waals surface area contributed by atoms with Crippen molar-refractivity contribution in [2.24, 2.45) is 0 Å². The van der Waals surface area contributed by atoms with Gasteiger partial charge in [0.05, 0.1) is 5.52 Å². The van der Waals surface area contributed by atoms with Gasteiger partial charge in [-0.2, -0.15) is 0 Å². The molecule has 5 aliphatic rings. The number of hydrogen-bond acceptors (Lipinski definition) is 8. The molecule has 1 N–H and O–H groups in total. The molecular formula is C34H31N5O2S2. The summed E-state index contributed by atoms with van der Waals surface area (Å²) in [5.74, 6) is 0.515. The van der Waals surface area contributed by atoms with E-state index in [-0.39, 0.29) is 23.7 Å². The molecule has 4 fully saturated rings. The number of amides is 1. The van der Waals surface area contributed by atoms with Gasteiger partial charge in [0.25, 0.3) is 0 Å². The summed E-state index contributed by atoms with van der Waals surface area (Å²) in [4.78, 5) is 42.4. The Hall–Kier alpha value is -3.37. The summed E-state index contributed by atoms with van der Waals surface area (Å²) >= 11 is 7.20. The molecule has 0 bridgehead atoms. The van der Waals surface area contributed by atoms with Gasteiger partial charge in [0, 0.05) is 54.7 Å². The van der Waals surface area contributed by atoms with Crippen molar-refractivity contribution < 1.29 is 9.59 Å². The van der Waals surface area contributed by atoms with E-state index in [9.17, 15) is 4.79 Å². The summed E-state index contributed by atoms with van der Waals surface area (Å²) < 4.78 is -0.730. The number of hydrogen-bond donors (Lipinski definition) is 1. The number of carbonyl (C=O) groups excluding carboxylic acids is 2. The maximum Gasteiger partial charge on any atom is 0.245 e. The zero-order chi connectivity index (χ0) is 29.1. The number of carbonyl (C=O) groups is 2. The van der Waals surface area contributed by atoms with Crippen LogP contribution in [0.25, 0.3) is 21.7 Å². The molecule has 0 radical (unpaired) electrons. The SMILES string of the molecule is CN1CCN(c2nc3ccccc3cc2C2C3CCCN3C3(C(=O)c4cccc5cccc3c45)C23SC(=S)NC3=O)CC1. The molecule has 1 aliphatic carbocycles. The Labute approximate surface area is 259 Å². The number of ketones is 1. The first kappa shape index (κ1) is 26.1. The highest BCUT2D eigenvalue weighted by atomic mass is 32.2. The fraction of sp³-hybridized carbons (Fsp3) is 0.353. The number of anilines is 1. The molecule has 216 valence electrons. The van der Waals surface area contributed by atoms with Crippen molar-refractivity contribution in [1.29, 1.82) is 0 Å². The van der Waals surface area contributed by atoms with Gasteiger partial charge in [-0.1, -0.05) is 78.6 Å². The Morgan fingerprint density at radius 3 is 2.51 bits per heavy atom. The average Bonchev–Trinajstić information content (AvgIpc) is 3.73. The van der Waals surface area contributed by atoms with Crippen LogP contribution in [0.15, 0.2) is 66.7 Å². The third-order valence-electron chi connectivity index (χ3n) is 10.6. The van der Waals surface area contributed by atoms with Crippen LogP contribution in [0.3, 0.4) is 0 Å². The van der Waals surface area contributed by atoms with Crippen LogP contribution < -0.4 is 10.2 Å². The summed E-state index contributed by atoms with van der Waals surface area (Å²) in [5, 5.41) is 6.10. The summed E-state index contributed by atoms with van der Waals surface area (Å²) in [5.41, 5.74) is 2.49. The number of piperazine rings is 1. The molecule has 7 nitrogen and oxygen atoms in total. The third-order valence-corrected chi connectivity index (χ3v) is 12.3. The fourth-order valence-electron chi connectivity index (χ4n) is 8.96. The molecule has 0 saturated carbocycles. The van der Waals surface area contributed by atoms with Gasteiger partial charge in [-0.05, 0) is 54.9 Å². The second-order valence-corrected chi connectivity index (χ2v) is 14.5. The molecule has 4 aliphatic heterocycles. The van der Waals surface area contributed by atoms with Gasteiger partial charge in [0.1, 0.15) is 20.4 Å². The highest BCUT2D eigenvalue weighted by Gasteiger charge is 2.80. The Morgan fingerprint density at radius 2 is 1.72 bits per heavy atom. The first-order chi connectivity index (χ1) is 20.9. The quantitative estimate of drug-likeness (QED) is 0.331. The Kier molecular flexibility index (Phi) is 5.50. The summed E-state index contributed by atoms with van der Waals surface area (Å²) in [7, 11) is 2.16. The number of likely N-dealkylation sites (N-methyl/N-ethyl adjacent to an activating group) is 1. The number of Topliss-reactive ketones (excluding diaryl/α,β-unsaturated/α-hetero) is 1. The molecule has 4 unspecified atom stereocenters. The van der Waals surface area contributed by atoms with Crippen molar-refractivity contribution >= 4 is 67.5 Å². The number of nitrogens with one attached hydrogen (secondary N) is 1. The van der Waals surface area contributed by atoms with E-state index in [4.69, 9.17) is 17.2 Å². The van der Waals surface area contributed by atoms with Gasteiger partial charge in [0.15, 0.2) is 5.78 Å². The maximum absolute atomic E-state index is 15.2. The monoisotopic (exact) mass is 605 g/mol. The number of thioether (sulfide) groups is 1. The van der Waals surface area contributed by atoms with E-state index in [1.165, 1.54) is 11.8 Å². The molecule has 3 aromatic carbocycles. The molecule has 1 amide bonds. The second-order valence-electron chi connectivity index (χ2n) is 12.6. The average molecular weight is 606 g/mol. The van der Waals surface area contributed by atoms with Gasteiger partial charge in [-0.3, -0.25) is 14.5 Å². The number of fused-ring (bicyclic) bond motifs is 5. The predicted molar refractivity (Wildman–Crippen MR) is 175 cm³/mol. The molecule has 43 heavy (non-hydrogen) atoms.